The lowest BCUT2D eigenvalue weighted by molar-refractivity contribution is -0.140. The minimum Gasteiger partial charge on any atom is -0.481 e. The normalized spacial score (nSPS) is 14.5. The third-order valence-corrected chi connectivity index (χ3v) is 3.70. The number of carbonyl (C=O) groups is 1. The largest absolute Gasteiger partial charge is 0.481 e. The van der Waals surface area contributed by atoms with E-state index >= 15 is 0 Å². The van der Waals surface area contributed by atoms with Crippen LogP contribution in [0.4, 0.5) is 0 Å². The molecule has 1 aromatic carbocycles. The van der Waals surface area contributed by atoms with Crippen molar-refractivity contribution >= 4 is 28.4 Å². The third-order valence-electron chi connectivity index (χ3n) is 1.88. The first-order valence-electron chi connectivity index (χ1n) is 4.37. The summed E-state index contributed by atoms with van der Waals surface area (Å²) in [5.74, 6) is -1.45. The van der Waals surface area contributed by atoms with E-state index in [0.29, 0.717) is 9.92 Å². The van der Waals surface area contributed by atoms with Crippen molar-refractivity contribution in [2.45, 2.75) is 11.8 Å². The van der Waals surface area contributed by atoms with Crippen LogP contribution in [0.25, 0.3) is 0 Å². The van der Waals surface area contributed by atoms with Crippen molar-refractivity contribution < 1.29 is 14.1 Å². The van der Waals surface area contributed by atoms with Crippen molar-refractivity contribution in [3.05, 3.63) is 29.3 Å². The number of aliphatic carboxylic acids is 1. The van der Waals surface area contributed by atoms with Crippen LogP contribution >= 0.6 is 11.6 Å². The Morgan fingerprint density at radius 3 is 2.80 bits per heavy atom. The van der Waals surface area contributed by atoms with E-state index in [1.54, 1.807) is 24.3 Å². The zero-order valence-electron chi connectivity index (χ0n) is 8.14. The summed E-state index contributed by atoms with van der Waals surface area (Å²) in [6.07, 6.45) is 0. The highest BCUT2D eigenvalue weighted by Crippen LogP contribution is 2.15. The maximum Gasteiger partial charge on any atom is 0.307 e. The van der Waals surface area contributed by atoms with Gasteiger partial charge in [-0.15, -0.1) is 0 Å². The Hall–Kier alpha value is -0.870. The first kappa shape index (κ1) is 12.2. The molecule has 0 amide bonds. The van der Waals surface area contributed by atoms with Crippen LogP contribution in [0.2, 0.25) is 5.02 Å². The number of benzene rings is 1. The number of rotatable bonds is 4. The average molecular weight is 247 g/mol. The van der Waals surface area contributed by atoms with E-state index in [4.69, 9.17) is 16.7 Å². The van der Waals surface area contributed by atoms with Crippen molar-refractivity contribution in [1.29, 1.82) is 0 Å². The number of hydrogen-bond donors (Lipinski definition) is 1. The minimum atomic E-state index is -1.31. The van der Waals surface area contributed by atoms with Crippen LogP contribution in [0.5, 0.6) is 0 Å². The van der Waals surface area contributed by atoms with Gasteiger partial charge in [0.15, 0.2) is 0 Å². The highest BCUT2D eigenvalue weighted by molar-refractivity contribution is 7.85. The number of hydrogen-bond acceptors (Lipinski definition) is 2. The topological polar surface area (TPSA) is 54.4 Å². The molecular formula is C10H11ClO3S. The van der Waals surface area contributed by atoms with Crippen LogP contribution in [0.3, 0.4) is 0 Å². The average Bonchev–Trinajstić information content (AvgIpc) is 2.17. The van der Waals surface area contributed by atoms with Gasteiger partial charge >= 0.3 is 5.97 Å². The monoisotopic (exact) mass is 246 g/mol. The SMILES string of the molecule is CC(CS(=O)c1cccc(Cl)c1)C(=O)O. The summed E-state index contributed by atoms with van der Waals surface area (Å²) < 4.78 is 11.7. The Morgan fingerprint density at radius 2 is 2.27 bits per heavy atom. The van der Waals surface area contributed by atoms with Crippen molar-refractivity contribution in [2.75, 3.05) is 5.75 Å². The molecule has 0 aliphatic carbocycles. The van der Waals surface area contributed by atoms with Crippen LogP contribution < -0.4 is 0 Å². The van der Waals surface area contributed by atoms with E-state index in [9.17, 15) is 9.00 Å². The highest BCUT2D eigenvalue weighted by Gasteiger charge is 2.15. The zero-order chi connectivity index (χ0) is 11.4. The van der Waals surface area contributed by atoms with Crippen molar-refractivity contribution in [3.8, 4) is 0 Å². The molecule has 2 atom stereocenters. The van der Waals surface area contributed by atoms with E-state index in [0.717, 1.165) is 0 Å². The summed E-state index contributed by atoms with van der Waals surface area (Å²) in [6, 6.07) is 6.65. The van der Waals surface area contributed by atoms with Gasteiger partial charge < -0.3 is 5.11 Å². The fourth-order valence-electron chi connectivity index (χ4n) is 1.00. The molecule has 15 heavy (non-hydrogen) atoms. The summed E-state index contributed by atoms with van der Waals surface area (Å²) in [7, 11) is -1.31. The molecule has 0 aliphatic rings. The lowest BCUT2D eigenvalue weighted by atomic mass is 10.2. The maximum absolute atomic E-state index is 11.7. The summed E-state index contributed by atoms with van der Waals surface area (Å²) in [5, 5.41) is 9.18. The van der Waals surface area contributed by atoms with Crippen LogP contribution in [0, 0.1) is 5.92 Å². The lowest BCUT2D eigenvalue weighted by Gasteiger charge is -2.06. The van der Waals surface area contributed by atoms with Gasteiger partial charge in [0.1, 0.15) is 0 Å². The van der Waals surface area contributed by atoms with Gasteiger partial charge in [-0.2, -0.15) is 0 Å². The molecule has 82 valence electrons. The fraction of sp³-hybridized carbons (Fsp3) is 0.300. The van der Waals surface area contributed by atoms with Gasteiger partial charge in [-0.1, -0.05) is 24.6 Å². The molecule has 1 aromatic rings. The quantitative estimate of drug-likeness (QED) is 0.886. The fourth-order valence-corrected chi connectivity index (χ4v) is 2.54. The summed E-state index contributed by atoms with van der Waals surface area (Å²) in [4.78, 5) is 11.1. The van der Waals surface area contributed by atoms with Gasteiger partial charge in [-0.3, -0.25) is 9.00 Å². The van der Waals surface area contributed by atoms with Gasteiger partial charge in [0.2, 0.25) is 0 Å². The molecular weight excluding hydrogens is 236 g/mol. The molecule has 0 bridgehead atoms. The van der Waals surface area contributed by atoms with Gasteiger partial charge in [0.25, 0.3) is 0 Å². The molecule has 0 fully saturated rings. The zero-order valence-corrected chi connectivity index (χ0v) is 9.72. The van der Waals surface area contributed by atoms with E-state index in [-0.39, 0.29) is 5.75 Å². The predicted molar refractivity (Wildman–Crippen MR) is 59.5 cm³/mol. The molecule has 1 N–H and O–H groups in total. The van der Waals surface area contributed by atoms with Crippen LogP contribution in [0.15, 0.2) is 29.2 Å². The molecule has 0 radical (unpaired) electrons. The Morgan fingerprint density at radius 1 is 1.60 bits per heavy atom. The molecule has 0 aromatic heterocycles. The molecule has 0 heterocycles. The first-order valence-corrected chi connectivity index (χ1v) is 6.07. The smallest absolute Gasteiger partial charge is 0.307 e. The summed E-state index contributed by atoms with van der Waals surface area (Å²) in [6.45, 7) is 1.53. The molecule has 0 aliphatic heterocycles. The second kappa shape index (κ2) is 5.28. The standard InChI is InChI=1S/C10H11ClO3S/c1-7(10(12)13)6-15(14)9-4-2-3-8(11)5-9/h2-5,7H,6H2,1H3,(H,12,13). The van der Waals surface area contributed by atoms with Crippen LogP contribution in [-0.2, 0) is 15.6 Å². The Labute approximate surface area is 95.5 Å². The minimum absolute atomic E-state index is 0.107. The molecule has 3 nitrogen and oxygen atoms in total. The molecule has 0 saturated heterocycles. The summed E-state index contributed by atoms with van der Waals surface area (Å²) >= 11 is 5.74. The van der Waals surface area contributed by atoms with Crippen molar-refractivity contribution in [3.63, 3.8) is 0 Å². The van der Waals surface area contributed by atoms with Crippen molar-refractivity contribution in [1.82, 2.24) is 0 Å². The van der Waals surface area contributed by atoms with Gasteiger partial charge in [0, 0.05) is 15.7 Å². The van der Waals surface area contributed by atoms with Gasteiger partial charge in [-0.05, 0) is 18.2 Å². The lowest BCUT2D eigenvalue weighted by Crippen LogP contribution is -2.17. The van der Waals surface area contributed by atoms with E-state index in [1.165, 1.54) is 6.92 Å². The Balaban J connectivity index is 2.73. The molecule has 2 unspecified atom stereocenters. The second-order valence-electron chi connectivity index (χ2n) is 3.21. The van der Waals surface area contributed by atoms with Crippen LogP contribution in [-0.4, -0.2) is 21.0 Å². The Bertz CT molecular complexity index is 392. The number of carboxylic acids is 1. The highest BCUT2D eigenvalue weighted by atomic mass is 35.5. The Kier molecular flexibility index (Phi) is 4.29. The predicted octanol–water partition coefficient (Wildman–Crippen LogP) is 2.17. The van der Waals surface area contributed by atoms with E-state index in [1.807, 2.05) is 0 Å². The maximum atomic E-state index is 11.7. The van der Waals surface area contributed by atoms with Crippen molar-refractivity contribution in [2.24, 2.45) is 5.92 Å². The second-order valence-corrected chi connectivity index (χ2v) is 5.14. The molecule has 0 saturated carbocycles. The van der Waals surface area contributed by atoms with Gasteiger partial charge in [0.05, 0.1) is 16.7 Å². The number of carboxylic acid groups (broad SMARTS) is 1. The first-order chi connectivity index (χ1) is 7.00. The third kappa shape index (κ3) is 3.64. The van der Waals surface area contributed by atoms with E-state index in [2.05, 4.69) is 0 Å². The molecule has 1 rings (SSSR count). The van der Waals surface area contributed by atoms with E-state index < -0.39 is 22.7 Å². The van der Waals surface area contributed by atoms with Crippen LogP contribution in [0.1, 0.15) is 6.92 Å². The molecule has 5 heteroatoms. The molecule has 0 spiro atoms. The number of halogens is 1. The summed E-state index contributed by atoms with van der Waals surface area (Å²) in [5.41, 5.74) is 0. The van der Waals surface area contributed by atoms with Gasteiger partial charge in [-0.25, -0.2) is 0 Å².